The molecule has 90 valence electrons. The monoisotopic (exact) mass is 240 g/mol. The van der Waals surface area contributed by atoms with Crippen molar-refractivity contribution in [2.75, 3.05) is 0 Å². The molecule has 0 saturated heterocycles. The van der Waals surface area contributed by atoms with Gasteiger partial charge in [-0.1, -0.05) is 6.07 Å². The van der Waals surface area contributed by atoms with Crippen LogP contribution in [-0.4, -0.2) is 9.55 Å². The predicted octanol–water partition coefficient (Wildman–Crippen LogP) is 3.51. The highest BCUT2D eigenvalue weighted by molar-refractivity contribution is 5.41. The van der Waals surface area contributed by atoms with Crippen molar-refractivity contribution >= 4 is 0 Å². The molecule has 0 atom stereocenters. The van der Waals surface area contributed by atoms with E-state index in [1.807, 2.05) is 0 Å². The van der Waals surface area contributed by atoms with Crippen molar-refractivity contribution in [3.05, 3.63) is 47.5 Å². The zero-order valence-electron chi connectivity index (χ0n) is 9.42. The number of imidazole rings is 1. The lowest BCUT2D eigenvalue weighted by Gasteiger charge is -2.12. The van der Waals surface area contributed by atoms with Gasteiger partial charge in [0.25, 0.3) is 0 Å². The summed E-state index contributed by atoms with van der Waals surface area (Å²) < 4.78 is 39.7. The molecule has 5 heteroatoms. The fourth-order valence-corrected chi connectivity index (χ4v) is 1.64. The largest absolute Gasteiger partial charge is 0.416 e. The second kappa shape index (κ2) is 3.91. The van der Waals surface area contributed by atoms with E-state index >= 15 is 0 Å². The molecule has 0 radical (unpaired) electrons. The van der Waals surface area contributed by atoms with Crippen molar-refractivity contribution in [2.45, 2.75) is 20.0 Å². The summed E-state index contributed by atoms with van der Waals surface area (Å²) in [5, 5.41) is 0. The molecule has 1 aromatic heterocycles. The third-order valence-corrected chi connectivity index (χ3v) is 2.54. The molecule has 0 aliphatic rings. The van der Waals surface area contributed by atoms with Crippen molar-refractivity contribution in [2.24, 2.45) is 0 Å². The van der Waals surface area contributed by atoms with Gasteiger partial charge in [-0.15, -0.1) is 0 Å². The van der Waals surface area contributed by atoms with E-state index in [1.165, 1.54) is 19.3 Å². The highest BCUT2D eigenvalue weighted by atomic mass is 19.4. The molecule has 1 aromatic carbocycles. The summed E-state index contributed by atoms with van der Waals surface area (Å²) in [5.74, 6) is 0. The van der Waals surface area contributed by atoms with Gasteiger partial charge >= 0.3 is 6.18 Å². The average molecular weight is 240 g/mol. The molecule has 2 nitrogen and oxygen atoms in total. The maximum absolute atomic E-state index is 12.7. The van der Waals surface area contributed by atoms with Crippen LogP contribution in [0.15, 0.2) is 30.7 Å². The fraction of sp³-hybridized carbons (Fsp3) is 0.250. The summed E-state index contributed by atoms with van der Waals surface area (Å²) in [4.78, 5) is 3.99. The van der Waals surface area contributed by atoms with Crippen LogP contribution in [0.3, 0.4) is 0 Å². The molecule has 0 spiro atoms. The first kappa shape index (κ1) is 11.7. The summed E-state index contributed by atoms with van der Waals surface area (Å²) in [6.45, 7) is 3.24. The van der Waals surface area contributed by atoms with Crippen molar-refractivity contribution < 1.29 is 13.2 Å². The van der Waals surface area contributed by atoms with E-state index in [-0.39, 0.29) is 5.56 Å². The SMILES string of the molecule is Cc1cn(-c2ccc(C)c(C(F)(F)F)c2)cn1. The Hall–Kier alpha value is -1.78. The highest BCUT2D eigenvalue weighted by Crippen LogP contribution is 2.33. The lowest BCUT2D eigenvalue weighted by atomic mass is 10.1. The van der Waals surface area contributed by atoms with Crippen LogP contribution in [0, 0.1) is 13.8 Å². The number of alkyl halides is 3. The maximum Gasteiger partial charge on any atom is 0.416 e. The van der Waals surface area contributed by atoms with Crippen molar-refractivity contribution in [3.8, 4) is 5.69 Å². The van der Waals surface area contributed by atoms with E-state index in [4.69, 9.17) is 0 Å². The molecule has 17 heavy (non-hydrogen) atoms. The Labute approximate surface area is 96.7 Å². The normalized spacial score (nSPS) is 11.8. The number of halogens is 3. The predicted molar refractivity (Wildman–Crippen MR) is 58.0 cm³/mol. The van der Waals surface area contributed by atoms with Gasteiger partial charge in [0, 0.05) is 11.9 Å². The van der Waals surface area contributed by atoms with Gasteiger partial charge in [-0.2, -0.15) is 13.2 Å². The Morgan fingerprint density at radius 3 is 2.41 bits per heavy atom. The van der Waals surface area contributed by atoms with Gasteiger partial charge in [-0.25, -0.2) is 4.98 Å². The summed E-state index contributed by atoms with van der Waals surface area (Å²) >= 11 is 0. The number of nitrogens with zero attached hydrogens (tertiary/aromatic N) is 2. The van der Waals surface area contributed by atoms with Gasteiger partial charge in [0.15, 0.2) is 0 Å². The van der Waals surface area contributed by atoms with Crippen molar-refractivity contribution in [3.63, 3.8) is 0 Å². The number of rotatable bonds is 1. The Morgan fingerprint density at radius 2 is 1.88 bits per heavy atom. The van der Waals surface area contributed by atoms with E-state index in [2.05, 4.69) is 4.98 Å². The second-order valence-electron chi connectivity index (χ2n) is 3.92. The standard InChI is InChI=1S/C12H11F3N2/c1-8-3-4-10(5-11(8)12(13,14)15)17-6-9(2)16-7-17/h3-7H,1-2H3. The molecular weight excluding hydrogens is 229 g/mol. The van der Waals surface area contributed by atoms with Crippen LogP contribution in [0.5, 0.6) is 0 Å². The van der Waals surface area contributed by atoms with E-state index in [0.29, 0.717) is 5.69 Å². The summed E-state index contributed by atoms with van der Waals surface area (Å²) in [7, 11) is 0. The Morgan fingerprint density at radius 1 is 1.18 bits per heavy atom. The smallest absolute Gasteiger partial charge is 0.306 e. The zero-order chi connectivity index (χ0) is 12.6. The number of aromatic nitrogens is 2. The molecule has 0 unspecified atom stereocenters. The van der Waals surface area contributed by atoms with Crippen LogP contribution in [0.25, 0.3) is 5.69 Å². The highest BCUT2D eigenvalue weighted by Gasteiger charge is 2.32. The minimum Gasteiger partial charge on any atom is -0.306 e. The molecule has 2 rings (SSSR count). The van der Waals surface area contributed by atoms with Gasteiger partial charge in [-0.05, 0) is 31.5 Å². The van der Waals surface area contributed by atoms with Gasteiger partial charge in [-0.3, -0.25) is 0 Å². The molecular formula is C12H11F3N2. The lowest BCUT2D eigenvalue weighted by molar-refractivity contribution is -0.138. The first-order valence-electron chi connectivity index (χ1n) is 5.07. The molecule has 0 aliphatic heterocycles. The molecule has 0 fully saturated rings. The summed E-state index contributed by atoms with van der Waals surface area (Å²) in [6.07, 6.45) is -1.14. The quantitative estimate of drug-likeness (QED) is 0.745. The average Bonchev–Trinajstić information content (AvgIpc) is 2.64. The van der Waals surface area contributed by atoms with E-state index in [9.17, 15) is 13.2 Å². The number of benzene rings is 1. The van der Waals surface area contributed by atoms with E-state index in [1.54, 1.807) is 23.8 Å². The van der Waals surface area contributed by atoms with Crippen molar-refractivity contribution in [1.29, 1.82) is 0 Å². The van der Waals surface area contributed by atoms with Gasteiger partial charge in [0.1, 0.15) is 0 Å². The van der Waals surface area contributed by atoms with Crippen LogP contribution >= 0.6 is 0 Å². The Balaban J connectivity index is 2.51. The fourth-order valence-electron chi connectivity index (χ4n) is 1.64. The first-order chi connectivity index (χ1) is 7.88. The van der Waals surface area contributed by atoms with Crippen LogP contribution in [0.1, 0.15) is 16.8 Å². The topological polar surface area (TPSA) is 17.8 Å². The molecule has 1 heterocycles. The first-order valence-corrected chi connectivity index (χ1v) is 5.07. The second-order valence-corrected chi connectivity index (χ2v) is 3.92. The third kappa shape index (κ3) is 2.33. The van der Waals surface area contributed by atoms with Crippen LogP contribution in [0.4, 0.5) is 13.2 Å². The molecule has 0 amide bonds. The zero-order valence-corrected chi connectivity index (χ0v) is 9.42. The van der Waals surface area contributed by atoms with Gasteiger partial charge < -0.3 is 4.57 Å². The molecule has 0 aliphatic carbocycles. The number of hydrogen-bond acceptors (Lipinski definition) is 1. The lowest BCUT2D eigenvalue weighted by Crippen LogP contribution is -2.08. The summed E-state index contributed by atoms with van der Waals surface area (Å²) in [5.41, 5.74) is 0.835. The van der Waals surface area contributed by atoms with Crippen LogP contribution in [0.2, 0.25) is 0 Å². The third-order valence-electron chi connectivity index (χ3n) is 2.54. The van der Waals surface area contributed by atoms with E-state index in [0.717, 1.165) is 11.8 Å². The molecule has 0 saturated carbocycles. The van der Waals surface area contributed by atoms with E-state index < -0.39 is 11.7 Å². The Bertz CT molecular complexity index is 541. The maximum atomic E-state index is 12.7. The Kier molecular flexibility index (Phi) is 2.69. The summed E-state index contributed by atoms with van der Waals surface area (Å²) in [6, 6.07) is 4.25. The van der Waals surface area contributed by atoms with Crippen LogP contribution < -0.4 is 0 Å². The minimum absolute atomic E-state index is 0.220. The molecule has 0 bridgehead atoms. The van der Waals surface area contributed by atoms with Gasteiger partial charge in [0.05, 0.1) is 17.6 Å². The number of hydrogen-bond donors (Lipinski definition) is 0. The van der Waals surface area contributed by atoms with Crippen molar-refractivity contribution in [1.82, 2.24) is 9.55 Å². The van der Waals surface area contributed by atoms with Gasteiger partial charge in [0.2, 0.25) is 0 Å². The van der Waals surface area contributed by atoms with Crippen LogP contribution in [-0.2, 0) is 6.18 Å². The number of aryl methyl sites for hydroxylation is 2. The minimum atomic E-state index is -4.32. The molecule has 0 N–H and O–H groups in total. The molecule has 2 aromatic rings.